The molecule has 0 saturated carbocycles. The van der Waals surface area contributed by atoms with Gasteiger partial charge >= 0.3 is 5.69 Å². The van der Waals surface area contributed by atoms with Crippen molar-refractivity contribution in [1.29, 1.82) is 0 Å². The van der Waals surface area contributed by atoms with Crippen LogP contribution in [0.3, 0.4) is 0 Å². The summed E-state index contributed by atoms with van der Waals surface area (Å²) < 4.78 is 16.5. The fourth-order valence-corrected chi connectivity index (χ4v) is 5.00. The molecule has 0 atom stereocenters. The van der Waals surface area contributed by atoms with Gasteiger partial charge in [0.15, 0.2) is 11.2 Å². The van der Waals surface area contributed by atoms with Gasteiger partial charge in [-0.3, -0.25) is 22.7 Å². The van der Waals surface area contributed by atoms with Crippen molar-refractivity contribution in [2.24, 2.45) is 7.05 Å². The molecular weight excluding hydrogens is 354 g/mol. The highest BCUT2D eigenvalue weighted by Gasteiger charge is 2.34. The molecule has 2 aromatic rings. The van der Waals surface area contributed by atoms with Gasteiger partial charge in [0.1, 0.15) is 0 Å². The first-order valence-electron chi connectivity index (χ1n) is 9.34. The number of aryl methyl sites for hydroxylation is 1. The summed E-state index contributed by atoms with van der Waals surface area (Å²) in [5.74, 6) is 1.84. The van der Waals surface area contributed by atoms with Crippen LogP contribution >= 0.6 is 0 Å². The first-order chi connectivity index (χ1) is 12.5. The van der Waals surface area contributed by atoms with E-state index in [2.05, 4.69) is 4.90 Å². The van der Waals surface area contributed by atoms with Gasteiger partial charge < -0.3 is 4.90 Å². The normalized spacial score (nSPS) is 23.4. The van der Waals surface area contributed by atoms with E-state index in [0.29, 0.717) is 35.6 Å². The molecular formula is C17H25N5O3S. The monoisotopic (exact) mass is 379 g/mol. The van der Waals surface area contributed by atoms with Crippen molar-refractivity contribution in [3.05, 3.63) is 20.8 Å². The van der Waals surface area contributed by atoms with Crippen molar-refractivity contribution >= 4 is 27.9 Å². The van der Waals surface area contributed by atoms with Gasteiger partial charge in [-0.2, -0.15) is 4.98 Å². The fourth-order valence-electron chi connectivity index (χ4n) is 3.94. The van der Waals surface area contributed by atoms with Crippen molar-refractivity contribution in [1.82, 2.24) is 18.7 Å². The number of anilines is 1. The van der Waals surface area contributed by atoms with E-state index in [9.17, 15) is 13.8 Å². The highest BCUT2D eigenvalue weighted by atomic mass is 32.2. The van der Waals surface area contributed by atoms with E-state index < -0.39 is 10.8 Å². The topological polar surface area (TPSA) is 82.1 Å². The van der Waals surface area contributed by atoms with Gasteiger partial charge in [0.25, 0.3) is 5.56 Å². The SMILES string of the molecule is CCCn1c(=O)c2c(nc(N3CCCCC3)n2C2CS(=O)C2)n(C)c1=O. The quantitative estimate of drug-likeness (QED) is 0.777. The average molecular weight is 379 g/mol. The number of aromatic nitrogens is 4. The van der Waals surface area contributed by atoms with Crippen LogP contribution in [0.1, 0.15) is 38.6 Å². The first-order valence-corrected chi connectivity index (χ1v) is 10.8. The Hall–Kier alpha value is -1.90. The highest BCUT2D eigenvalue weighted by molar-refractivity contribution is 7.86. The number of fused-ring (bicyclic) bond motifs is 1. The van der Waals surface area contributed by atoms with Crippen LogP contribution in [0.5, 0.6) is 0 Å². The number of piperidine rings is 1. The van der Waals surface area contributed by atoms with Crippen molar-refractivity contribution in [3.8, 4) is 0 Å². The zero-order chi connectivity index (χ0) is 18.4. The maximum absolute atomic E-state index is 13.1. The summed E-state index contributed by atoms with van der Waals surface area (Å²) in [6.07, 6.45) is 4.10. The number of rotatable bonds is 4. The van der Waals surface area contributed by atoms with Gasteiger partial charge in [-0.1, -0.05) is 6.92 Å². The third-order valence-corrected chi connectivity index (χ3v) is 6.88. The molecule has 2 aliphatic rings. The van der Waals surface area contributed by atoms with E-state index in [-0.39, 0.29) is 17.3 Å². The lowest BCUT2D eigenvalue weighted by Gasteiger charge is -2.33. The molecule has 2 aliphatic heterocycles. The van der Waals surface area contributed by atoms with Crippen molar-refractivity contribution in [3.63, 3.8) is 0 Å². The maximum atomic E-state index is 13.1. The standard InChI is InChI=1S/C17H25N5O3S/c1-3-7-21-15(23)13-14(19(2)17(21)24)18-16(20-8-5-4-6-9-20)22(13)12-10-26(25)11-12/h12H,3-11H2,1-2H3. The molecule has 4 heterocycles. The lowest BCUT2D eigenvalue weighted by molar-refractivity contribution is 0.525. The van der Waals surface area contributed by atoms with Gasteiger partial charge in [-0.05, 0) is 25.7 Å². The Labute approximate surface area is 153 Å². The molecule has 2 aromatic heterocycles. The lowest BCUT2D eigenvalue weighted by Crippen LogP contribution is -2.42. The second-order valence-corrected chi connectivity index (χ2v) is 8.77. The molecule has 8 nitrogen and oxygen atoms in total. The Morgan fingerprint density at radius 1 is 1.15 bits per heavy atom. The van der Waals surface area contributed by atoms with Crippen LogP contribution in [0.25, 0.3) is 11.2 Å². The predicted molar refractivity (Wildman–Crippen MR) is 103 cm³/mol. The van der Waals surface area contributed by atoms with Gasteiger partial charge in [-0.25, -0.2) is 4.79 Å². The summed E-state index contributed by atoms with van der Waals surface area (Å²) in [5, 5.41) is 0. The molecule has 0 aliphatic carbocycles. The van der Waals surface area contributed by atoms with Crippen molar-refractivity contribution < 1.29 is 4.21 Å². The Morgan fingerprint density at radius 3 is 2.46 bits per heavy atom. The van der Waals surface area contributed by atoms with E-state index >= 15 is 0 Å². The third kappa shape index (κ3) is 2.64. The average Bonchev–Trinajstić information content (AvgIpc) is 3.02. The third-order valence-electron chi connectivity index (χ3n) is 5.37. The second-order valence-electron chi connectivity index (χ2n) is 7.23. The number of imidazole rings is 1. The van der Waals surface area contributed by atoms with Crippen LogP contribution in [0, 0.1) is 0 Å². The summed E-state index contributed by atoms with van der Waals surface area (Å²) in [7, 11) is 0.841. The van der Waals surface area contributed by atoms with Gasteiger partial charge in [0.2, 0.25) is 5.95 Å². The summed E-state index contributed by atoms with van der Waals surface area (Å²) >= 11 is 0. The maximum Gasteiger partial charge on any atom is 0.332 e. The van der Waals surface area contributed by atoms with E-state index in [1.54, 1.807) is 7.05 Å². The molecule has 0 aromatic carbocycles. The molecule has 0 bridgehead atoms. The number of hydrogen-bond acceptors (Lipinski definition) is 5. The zero-order valence-corrected chi connectivity index (χ0v) is 16.1. The van der Waals surface area contributed by atoms with E-state index in [1.165, 1.54) is 15.6 Å². The molecule has 4 rings (SSSR count). The second kappa shape index (κ2) is 6.68. The predicted octanol–water partition coefficient (Wildman–Crippen LogP) is 0.600. The van der Waals surface area contributed by atoms with Crippen molar-refractivity contribution in [2.45, 2.75) is 45.2 Å². The van der Waals surface area contributed by atoms with Crippen LogP contribution in [0.15, 0.2) is 9.59 Å². The van der Waals surface area contributed by atoms with E-state index in [4.69, 9.17) is 4.98 Å². The Kier molecular flexibility index (Phi) is 4.50. The minimum Gasteiger partial charge on any atom is -0.342 e. The van der Waals surface area contributed by atoms with Gasteiger partial charge in [0.05, 0.1) is 6.04 Å². The molecule has 2 fully saturated rings. The first kappa shape index (κ1) is 17.5. The van der Waals surface area contributed by atoms with Crippen LogP contribution < -0.4 is 16.1 Å². The highest BCUT2D eigenvalue weighted by Crippen LogP contribution is 2.31. The minimum absolute atomic E-state index is 0.0121. The summed E-state index contributed by atoms with van der Waals surface area (Å²) in [4.78, 5) is 32.7. The number of nitrogens with zero attached hydrogens (tertiary/aromatic N) is 5. The molecule has 2 saturated heterocycles. The van der Waals surface area contributed by atoms with Crippen LogP contribution in [-0.2, 0) is 24.4 Å². The zero-order valence-electron chi connectivity index (χ0n) is 15.3. The number of hydrogen-bond donors (Lipinski definition) is 0. The van der Waals surface area contributed by atoms with E-state index in [1.807, 2.05) is 11.5 Å². The van der Waals surface area contributed by atoms with Crippen LogP contribution in [-0.4, -0.2) is 47.5 Å². The molecule has 0 N–H and O–H groups in total. The molecule has 0 unspecified atom stereocenters. The minimum atomic E-state index is -0.832. The molecule has 0 spiro atoms. The van der Waals surface area contributed by atoms with Crippen LogP contribution in [0.2, 0.25) is 0 Å². The Morgan fingerprint density at radius 2 is 1.85 bits per heavy atom. The summed E-state index contributed by atoms with van der Waals surface area (Å²) in [6, 6.07) is 0.0121. The molecule has 9 heteroatoms. The Balaban J connectivity index is 1.99. The van der Waals surface area contributed by atoms with Gasteiger partial charge in [-0.15, -0.1) is 0 Å². The molecule has 0 radical (unpaired) electrons. The van der Waals surface area contributed by atoms with Crippen LogP contribution in [0.4, 0.5) is 5.95 Å². The molecule has 26 heavy (non-hydrogen) atoms. The summed E-state index contributed by atoms with van der Waals surface area (Å²) in [5.41, 5.74) is 0.309. The smallest absolute Gasteiger partial charge is 0.332 e. The van der Waals surface area contributed by atoms with Gasteiger partial charge in [0, 0.05) is 49.0 Å². The lowest BCUT2D eigenvalue weighted by atomic mass is 10.1. The van der Waals surface area contributed by atoms with E-state index in [0.717, 1.165) is 31.9 Å². The fraction of sp³-hybridized carbons (Fsp3) is 0.706. The largest absolute Gasteiger partial charge is 0.342 e. The summed E-state index contributed by atoms with van der Waals surface area (Å²) in [6.45, 7) is 4.14. The molecule has 0 amide bonds. The molecule has 142 valence electrons. The van der Waals surface area contributed by atoms with Crippen molar-refractivity contribution in [2.75, 3.05) is 29.5 Å². The Bertz CT molecular complexity index is 975.